The van der Waals surface area contributed by atoms with Crippen LogP contribution in [0.25, 0.3) is 10.2 Å². The lowest BCUT2D eigenvalue weighted by molar-refractivity contribution is -0.119. The number of benzene rings is 1. The Hall–Kier alpha value is -2.66. The molecule has 0 aliphatic carbocycles. The number of anilines is 1. The molecule has 0 saturated carbocycles. The van der Waals surface area contributed by atoms with E-state index in [1.165, 1.54) is 24.0 Å². The summed E-state index contributed by atoms with van der Waals surface area (Å²) in [4.78, 5) is 31.7. The van der Waals surface area contributed by atoms with Crippen LogP contribution in [0.15, 0.2) is 29.4 Å². The molecule has 0 fully saturated rings. The second kappa shape index (κ2) is 7.92. The molecule has 0 unspecified atom stereocenters. The van der Waals surface area contributed by atoms with Crippen LogP contribution in [0.2, 0.25) is 0 Å². The SMILES string of the molecule is CSc1ncccc1C(=O)OCC(=O)Nc1nc2c(F)c(F)c(F)cc2s1. The number of pyridine rings is 1. The number of fused-ring (bicyclic) bond motifs is 1. The summed E-state index contributed by atoms with van der Waals surface area (Å²) < 4.78 is 45.1. The summed E-state index contributed by atoms with van der Waals surface area (Å²) in [5.41, 5.74) is -0.183. The molecule has 0 atom stereocenters. The average molecular weight is 413 g/mol. The Labute approximate surface area is 158 Å². The molecule has 11 heteroatoms. The number of thiazole rings is 1. The van der Waals surface area contributed by atoms with Crippen LogP contribution in [0.3, 0.4) is 0 Å². The van der Waals surface area contributed by atoms with Crippen LogP contribution in [0, 0.1) is 17.5 Å². The van der Waals surface area contributed by atoms with E-state index in [0.717, 1.165) is 17.4 Å². The number of aromatic nitrogens is 2. The van der Waals surface area contributed by atoms with Crippen LogP contribution in [0.1, 0.15) is 10.4 Å². The number of thioether (sulfide) groups is 1. The molecule has 1 amide bonds. The Morgan fingerprint density at radius 2 is 2.07 bits per heavy atom. The van der Waals surface area contributed by atoms with Gasteiger partial charge in [-0.2, -0.15) is 0 Å². The van der Waals surface area contributed by atoms with E-state index >= 15 is 0 Å². The number of hydrogen-bond acceptors (Lipinski definition) is 7. The average Bonchev–Trinajstić information content (AvgIpc) is 3.06. The molecular weight excluding hydrogens is 403 g/mol. The van der Waals surface area contributed by atoms with Crippen molar-refractivity contribution in [1.29, 1.82) is 0 Å². The molecule has 1 aromatic carbocycles. The molecule has 0 aliphatic heterocycles. The van der Waals surface area contributed by atoms with Gasteiger partial charge in [0.15, 0.2) is 29.2 Å². The number of ether oxygens (including phenoxy) is 1. The third kappa shape index (κ3) is 4.03. The van der Waals surface area contributed by atoms with Crippen molar-refractivity contribution in [2.24, 2.45) is 0 Å². The molecule has 6 nitrogen and oxygen atoms in total. The van der Waals surface area contributed by atoms with E-state index in [0.29, 0.717) is 5.03 Å². The van der Waals surface area contributed by atoms with Crippen molar-refractivity contribution >= 4 is 50.3 Å². The predicted molar refractivity (Wildman–Crippen MR) is 94.4 cm³/mol. The number of rotatable bonds is 5. The minimum atomic E-state index is -1.64. The number of nitrogens with zero attached hydrogens (tertiary/aromatic N) is 2. The van der Waals surface area contributed by atoms with Gasteiger partial charge in [0.05, 0.1) is 10.3 Å². The minimum absolute atomic E-state index is 0.0265. The topological polar surface area (TPSA) is 81.2 Å². The van der Waals surface area contributed by atoms with Gasteiger partial charge in [0.1, 0.15) is 10.5 Å². The van der Waals surface area contributed by atoms with E-state index in [4.69, 9.17) is 4.74 Å². The molecular formula is C16H10F3N3O3S2. The number of esters is 1. The first-order chi connectivity index (χ1) is 12.9. The third-order valence-corrected chi connectivity index (χ3v) is 4.92. The fraction of sp³-hybridized carbons (Fsp3) is 0.125. The van der Waals surface area contributed by atoms with E-state index < -0.39 is 41.5 Å². The van der Waals surface area contributed by atoms with Crippen LogP contribution < -0.4 is 5.32 Å². The summed E-state index contributed by atoms with van der Waals surface area (Å²) >= 11 is 2.00. The molecule has 2 aromatic heterocycles. The van der Waals surface area contributed by atoms with Gasteiger partial charge in [0.25, 0.3) is 5.91 Å². The van der Waals surface area contributed by atoms with E-state index in [-0.39, 0.29) is 15.4 Å². The molecule has 3 aromatic rings. The van der Waals surface area contributed by atoms with Crippen LogP contribution >= 0.6 is 23.1 Å². The highest BCUT2D eigenvalue weighted by molar-refractivity contribution is 7.98. The van der Waals surface area contributed by atoms with Crippen molar-refractivity contribution in [3.8, 4) is 0 Å². The van der Waals surface area contributed by atoms with Crippen molar-refractivity contribution in [1.82, 2.24) is 9.97 Å². The van der Waals surface area contributed by atoms with Crippen LogP contribution in [-0.4, -0.2) is 34.7 Å². The van der Waals surface area contributed by atoms with Gasteiger partial charge in [-0.05, 0) is 24.5 Å². The van der Waals surface area contributed by atoms with Gasteiger partial charge >= 0.3 is 5.97 Å². The highest BCUT2D eigenvalue weighted by atomic mass is 32.2. The van der Waals surface area contributed by atoms with Crippen molar-refractivity contribution in [3.05, 3.63) is 47.4 Å². The maximum absolute atomic E-state index is 13.7. The maximum atomic E-state index is 13.7. The number of halogens is 3. The molecule has 0 bridgehead atoms. The first-order valence-electron chi connectivity index (χ1n) is 7.30. The molecule has 27 heavy (non-hydrogen) atoms. The maximum Gasteiger partial charge on any atom is 0.341 e. The van der Waals surface area contributed by atoms with E-state index in [9.17, 15) is 22.8 Å². The molecule has 0 saturated heterocycles. The largest absolute Gasteiger partial charge is 0.452 e. The third-order valence-electron chi connectivity index (χ3n) is 3.29. The molecule has 0 radical (unpaired) electrons. The van der Waals surface area contributed by atoms with Crippen molar-refractivity contribution in [2.45, 2.75) is 5.03 Å². The lowest BCUT2D eigenvalue weighted by atomic mass is 10.3. The lowest BCUT2D eigenvalue weighted by Crippen LogP contribution is -2.21. The normalized spacial score (nSPS) is 10.8. The van der Waals surface area contributed by atoms with E-state index in [1.54, 1.807) is 12.3 Å². The van der Waals surface area contributed by atoms with Crippen LogP contribution in [0.4, 0.5) is 18.3 Å². The van der Waals surface area contributed by atoms with Crippen LogP contribution in [0.5, 0.6) is 0 Å². The number of carbonyl (C=O) groups excluding carboxylic acids is 2. The Balaban J connectivity index is 1.67. The van der Waals surface area contributed by atoms with Gasteiger partial charge in [-0.3, -0.25) is 10.1 Å². The standard InChI is InChI=1S/C16H10F3N3O3S2/c1-26-14-7(3-2-4-20-14)15(24)25-6-10(23)21-16-22-13-9(27-16)5-8(17)11(18)12(13)19/h2-5H,6H2,1H3,(H,21,22,23). The molecule has 1 N–H and O–H groups in total. The lowest BCUT2D eigenvalue weighted by Gasteiger charge is -2.06. The molecule has 0 spiro atoms. The van der Waals surface area contributed by atoms with Gasteiger partial charge in [0, 0.05) is 6.20 Å². The predicted octanol–water partition coefficient (Wildman–Crippen LogP) is 3.63. The summed E-state index contributed by atoms with van der Waals surface area (Å²) in [5.74, 6) is -5.90. The van der Waals surface area contributed by atoms with Gasteiger partial charge < -0.3 is 4.74 Å². The second-order valence-corrected chi connectivity index (χ2v) is 6.86. The summed E-state index contributed by atoms with van der Waals surface area (Å²) in [5, 5.41) is 2.66. The Morgan fingerprint density at radius 3 is 2.81 bits per heavy atom. The quantitative estimate of drug-likeness (QED) is 0.391. The molecule has 0 aliphatic rings. The van der Waals surface area contributed by atoms with E-state index in [2.05, 4.69) is 15.3 Å². The van der Waals surface area contributed by atoms with Crippen molar-refractivity contribution in [3.63, 3.8) is 0 Å². The summed E-state index contributed by atoms with van der Waals surface area (Å²) in [6.45, 7) is -0.622. The summed E-state index contributed by atoms with van der Waals surface area (Å²) in [7, 11) is 0. The Bertz CT molecular complexity index is 1040. The van der Waals surface area contributed by atoms with E-state index in [1.807, 2.05) is 0 Å². The monoisotopic (exact) mass is 413 g/mol. The summed E-state index contributed by atoms with van der Waals surface area (Å²) in [6, 6.07) is 3.86. The van der Waals surface area contributed by atoms with Gasteiger partial charge in [-0.25, -0.2) is 27.9 Å². The first kappa shape index (κ1) is 19.1. The molecule has 3 rings (SSSR count). The minimum Gasteiger partial charge on any atom is -0.452 e. The highest BCUT2D eigenvalue weighted by Crippen LogP contribution is 2.30. The number of hydrogen-bond donors (Lipinski definition) is 1. The molecule has 140 valence electrons. The van der Waals surface area contributed by atoms with Gasteiger partial charge in [0.2, 0.25) is 0 Å². The summed E-state index contributed by atoms with van der Waals surface area (Å²) in [6.07, 6.45) is 3.26. The Morgan fingerprint density at radius 1 is 1.30 bits per heavy atom. The smallest absolute Gasteiger partial charge is 0.341 e. The fourth-order valence-corrected chi connectivity index (χ4v) is 3.54. The zero-order valence-electron chi connectivity index (χ0n) is 13.6. The second-order valence-electron chi connectivity index (χ2n) is 5.04. The Kier molecular flexibility index (Phi) is 5.61. The van der Waals surface area contributed by atoms with Crippen LogP contribution in [-0.2, 0) is 9.53 Å². The number of nitrogens with one attached hydrogen (secondary N) is 1. The first-order valence-corrected chi connectivity index (χ1v) is 9.35. The highest BCUT2D eigenvalue weighted by Gasteiger charge is 2.19. The van der Waals surface area contributed by atoms with Gasteiger partial charge in [-0.15, -0.1) is 11.8 Å². The fourth-order valence-electron chi connectivity index (χ4n) is 2.10. The van der Waals surface area contributed by atoms with Crippen molar-refractivity contribution < 1.29 is 27.5 Å². The van der Waals surface area contributed by atoms with Gasteiger partial charge in [-0.1, -0.05) is 11.3 Å². The zero-order chi connectivity index (χ0) is 19.6. The zero-order valence-corrected chi connectivity index (χ0v) is 15.2. The number of amides is 1. The van der Waals surface area contributed by atoms with Crippen molar-refractivity contribution in [2.75, 3.05) is 18.2 Å². The number of carbonyl (C=O) groups is 2. The molecule has 2 heterocycles.